The van der Waals surface area contributed by atoms with E-state index in [1.165, 1.54) is 68.0 Å². The fraction of sp³-hybridized carbons (Fsp3) is 0.433. The fourth-order valence-electron chi connectivity index (χ4n) is 4.23. The largest absolute Gasteiger partial charge is 1.00 e. The SMILES string of the molecule is CCCCCCCCCCCCNC(=O)c1cccc(N2C(=O)/C(=C\[O-])N=C2SCc2ccccc2)c1.[Na+]. The molecule has 2 aromatic carbocycles. The van der Waals surface area contributed by atoms with Crippen LogP contribution in [0, 0.1) is 0 Å². The van der Waals surface area contributed by atoms with Gasteiger partial charge in [-0.2, -0.15) is 0 Å². The molecule has 1 heterocycles. The van der Waals surface area contributed by atoms with Crippen molar-refractivity contribution in [3.8, 4) is 0 Å². The van der Waals surface area contributed by atoms with Gasteiger partial charge in [-0.1, -0.05) is 113 Å². The zero-order chi connectivity index (χ0) is 26.3. The van der Waals surface area contributed by atoms with E-state index in [0.717, 1.165) is 18.4 Å². The number of unbranched alkanes of at least 4 members (excludes halogenated alkanes) is 9. The monoisotopic (exact) mass is 543 g/mol. The van der Waals surface area contributed by atoms with Gasteiger partial charge >= 0.3 is 29.6 Å². The van der Waals surface area contributed by atoms with E-state index in [2.05, 4.69) is 17.2 Å². The molecule has 1 aliphatic heterocycles. The molecule has 0 aliphatic carbocycles. The first-order valence-electron chi connectivity index (χ1n) is 13.4. The van der Waals surface area contributed by atoms with E-state index in [-0.39, 0.29) is 41.2 Å². The summed E-state index contributed by atoms with van der Waals surface area (Å²) in [6.07, 6.45) is 13.0. The molecule has 0 saturated carbocycles. The van der Waals surface area contributed by atoms with Crippen LogP contribution in [0.4, 0.5) is 5.69 Å². The Hall–Kier alpha value is -2.06. The number of benzene rings is 2. The van der Waals surface area contributed by atoms with Crippen LogP contribution in [0.25, 0.3) is 0 Å². The number of amidine groups is 1. The molecule has 2 aromatic rings. The summed E-state index contributed by atoms with van der Waals surface area (Å²) in [5.74, 6) is -0.0397. The predicted octanol–water partition coefficient (Wildman–Crippen LogP) is 3.18. The average molecular weight is 544 g/mol. The van der Waals surface area contributed by atoms with E-state index in [0.29, 0.717) is 35.0 Å². The molecule has 6 nitrogen and oxygen atoms in total. The van der Waals surface area contributed by atoms with Crippen LogP contribution in [0.3, 0.4) is 0 Å². The maximum absolute atomic E-state index is 12.9. The summed E-state index contributed by atoms with van der Waals surface area (Å²) < 4.78 is 0. The molecule has 0 atom stereocenters. The number of thioether (sulfide) groups is 1. The van der Waals surface area contributed by atoms with Gasteiger partial charge in [0.2, 0.25) is 0 Å². The first-order valence-corrected chi connectivity index (χ1v) is 14.4. The van der Waals surface area contributed by atoms with E-state index >= 15 is 0 Å². The van der Waals surface area contributed by atoms with E-state index in [9.17, 15) is 14.7 Å². The Morgan fingerprint density at radius 3 is 2.26 bits per heavy atom. The molecule has 198 valence electrons. The molecule has 38 heavy (non-hydrogen) atoms. The fourth-order valence-corrected chi connectivity index (χ4v) is 5.20. The number of rotatable bonds is 15. The third-order valence-corrected chi connectivity index (χ3v) is 7.34. The summed E-state index contributed by atoms with van der Waals surface area (Å²) in [6.45, 7) is 2.87. The zero-order valence-corrected chi connectivity index (χ0v) is 25.6. The van der Waals surface area contributed by atoms with Gasteiger partial charge in [0.25, 0.3) is 11.8 Å². The molecule has 0 unspecified atom stereocenters. The average Bonchev–Trinajstić information content (AvgIpc) is 3.26. The number of amides is 2. The van der Waals surface area contributed by atoms with Crippen molar-refractivity contribution in [1.29, 1.82) is 0 Å². The maximum atomic E-state index is 12.9. The van der Waals surface area contributed by atoms with Gasteiger partial charge in [0.15, 0.2) is 5.17 Å². The molecule has 2 amide bonds. The Kier molecular flexibility index (Phi) is 15.5. The predicted molar refractivity (Wildman–Crippen MR) is 151 cm³/mol. The van der Waals surface area contributed by atoms with Crippen LogP contribution < -0.4 is 44.9 Å². The smallest absolute Gasteiger partial charge is 0.876 e. The Labute approximate surface area is 253 Å². The minimum absolute atomic E-state index is 0. The normalized spacial score (nSPS) is 13.9. The van der Waals surface area contributed by atoms with Crippen molar-refractivity contribution in [1.82, 2.24) is 5.32 Å². The van der Waals surface area contributed by atoms with E-state index in [4.69, 9.17) is 0 Å². The van der Waals surface area contributed by atoms with Crippen molar-refractivity contribution < 1.29 is 44.3 Å². The number of nitrogens with one attached hydrogen (secondary N) is 1. The van der Waals surface area contributed by atoms with Gasteiger partial charge in [-0.15, -0.1) is 6.26 Å². The number of nitrogens with zero attached hydrogens (tertiary/aromatic N) is 2. The van der Waals surface area contributed by atoms with Gasteiger partial charge in [-0.25, -0.2) is 4.99 Å². The molecule has 1 aliphatic rings. The molecular weight excluding hydrogens is 505 g/mol. The summed E-state index contributed by atoms with van der Waals surface area (Å²) in [4.78, 5) is 31.3. The Bertz CT molecular complexity index is 1080. The van der Waals surface area contributed by atoms with Crippen LogP contribution in [0.5, 0.6) is 0 Å². The number of carbonyl (C=O) groups excluding carboxylic acids is 2. The Morgan fingerprint density at radius 2 is 1.61 bits per heavy atom. The van der Waals surface area contributed by atoms with Crippen molar-refractivity contribution in [3.05, 3.63) is 77.7 Å². The molecule has 0 fully saturated rings. The van der Waals surface area contributed by atoms with Gasteiger partial charge in [-0.05, 0) is 30.2 Å². The third kappa shape index (κ3) is 10.3. The van der Waals surface area contributed by atoms with Crippen LogP contribution in [0.15, 0.2) is 71.5 Å². The summed E-state index contributed by atoms with van der Waals surface area (Å²) in [7, 11) is 0. The van der Waals surface area contributed by atoms with Crippen molar-refractivity contribution in [2.45, 2.75) is 76.9 Å². The Morgan fingerprint density at radius 1 is 0.947 bits per heavy atom. The number of carbonyl (C=O) groups is 2. The molecule has 0 spiro atoms. The second kappa shape index (κ2) is 18.3. The first-order chi connectivity index (χ1) is 18.1. The van der Waals surface area contributed by atoms with Crippen molar-refractivity contribution >= 4 is 34.4 Å². The first kappa shape index (κ1) is 32.2. The van der Waals surface area contributed by atoms with Crippen molar-refractivity contribution in [3.63, 3.8) is 0 Å². The van der Waals surface area contributed by atoms with E-state index in [1.54, 1.807) is 24.3 Å². The molecule has 0 aromatic heterocycles. The molecule has 1 N–H and O–H groups in total. The number of aliphatic imine (C=N–C) groups is 1. The molecule has 3 rings (SSSR count). The summed E-state index contributed by atoms with van der Waals surface area (Å²) in [6, 6.07) is 16.8. The molecule has 8 heteroatoms. The van der Waals surface area contributed by atoms with Gasteiger partial charge < -0.3 is 10.4 Å². The second-order valence-electron chi connectivity index (χ2n) is 9.30. The van der Waals surface area contributed by atoms with Crippen LogP contribution in [-0.2, 0) is 10.5 Å². The minimum atomic E-state index is -0.478. The molecule has 0 radical (unpaired) electrons. The van der Waals surface area contributed by atoms with Gasteiger partial charge in [-0.3, -0.25) is 14.5 Å². The molecular formula is C30H38N3NaO3S. The maximum Gasteiger partial charge on any atom is 1.00 e. The van der Waals surface area contributed by atoms with Crippen LogP contribution in [-0.4, -0.2) is 23.5 Å². The summed E-state index contributed by atoms with van der Waals surface area (Å²) in [5, 5.41) is 14.8. The molecule has 0 saturated heterocycles. The number of hydrogen-bond acceptors (Lipinski definition) is 5. The van der Waals surface area contributed by atoms with Gasteiger partial charge in [0.05, 0.1) is 5.69 Å². The second-order valence-corrected chi connectivity index (χ2v) is 10.2. The zero-order valence-electron chi connectivity index (χ0n) is 22.8. The summed E-state index contributed by atoms with van der Waals surface area (Å²) >= 11 is 1.38. The quantitative estimate of drug-likeness (QED) is 0.162. The topological polar surface area (TPSA) is 84.8 Å². The van der Waals surface area contributed by atoms with Crippen LogP contribution in [0.1, 0.15) is 87.1 Å². The Balaban J connectivity index is 0.00000507. The van der Waals surface area contributed by atoms with Crippen molar-refractivity contribution in [2.24, 2.45) is 4.99 Å². The minimum Gasteiger partial charge on any atom is -0.876 e. The van der Waals surface area contributed by atoms with E-state index in [1.807, 2.05) is 30.3 Å². The standard InChI is InChI=1S/C30H39N3O3S.Na/c1-2-3-4-5-6-7-8-9-10-14-20-31-28(35)25-18-15-19-26(21-25)33-29(36)27(22-34)32-30(33)37-23-24-16-12-11-13-17-24;/h11-13,15-19,21-22,34H,2-10,14,20,23H2,1H3,(H,31,35);/q;+1/p-1/b27-22+;. The van der Waals surface area contributed by atoms with Gasteiger partial charge in [0, 0.05) is 17.9 Å². The molecule has 0 bridgehead atoms. The van der Waals surface area contributed by atoms with E-state index < -0.39 is 5.91 Å². The number of hydrogen-bond donors (Lipinski definition) is 1. The van der Waals surface area contributed by atoms with Crippen molar-refractivity contribution in [2.75, 3.05) is 11.4 Å². The number of anilines is 1. The van der Waals surface area contributed by atoms with Crippen LogP contribution in [0.2, 0.25) is 0 Å². The third-order valence-electron chi connectivity index (χ3n) is 6.33. The van der Waals surface area contributed by atoms with Gasteiger partial charge in [0.1, 0.15) is 5.70 Å². The summed E-state index contributed by atoms with van der Waals surface area (Å²) in [5.41, 5.74) is 1.95. The van der Waals surface area contributed by atoms with Crippen LogP contribution >= 0.6 is 11.8 Å².